The molecule has 1 aromatic rings. The monoisotopic (exact) mass is 304 g/mol. The Labute approximate surface area is 132 Å². The van der Waals surface area contributed by atoms with E-state index in [0.717, 1.165) is 5.92 Å². The van der Waals surface area contributed by atoms with Crippen LogP contribution in [0.3, 0.4) is 0 Å². The molecule has 2 aliphatic carbocycles. The van der Waals surface area contributed by atoms with Crippen LogP contribution in [0.2, 0.25) is 0 Å². The first-order valence-corrected chi connectivity index (χ1v) is 8.80. The first-order valence-electron chi connectivity index (χ1n) is 8.80. The van der Waals surface area contributed by atoms with Gasteiger partial charge >= 0.3 is 0 Å². The van der Waals surface area contributed by atoms with E-state index in [1.807, 2.05) is 0 Å². The lowest BCUT2D eigenvalue weighted by Crippen LogP contribution is -2.15. The number of rotatable bonds is 4. The molecule has 0 aromatic heterocycles. The largest absolute Gasteiger partial charge is 0.269 e. The molecule has 3 rings (SSSR count). The molecule has 2 heteroatoms. The van der Waals surface area contributed by atoms with Crippen LogP contribution in [0.4, 0.5) is 8.78 Å². The Hall–Kier alpha value is -1.18. The van der Waals surface area contributed by atoms with Gasteiger partial charge in [0.2, 0.25) is 0 Å². The summed E-state index contributed by atoms with van der Waals surface area (Å²) >= 11 is 0. The van der Waals surface area contributed by atoms with Gasteiger partial charge in [0.05, 0.1) is 0 Å². The fourth-order valence-corrected chi connectivity index (χ4v) is 4.16. The Morgan fingerprint density at radius 3 is 1.95 bits per heavy atom. The van der Waals surface area contributed by atoms with Crippen molar-refractivity contribution >= 4 is 0 Å². The van der Waals surface area contributed by atoms with Gasteiger partial charge in [-0.15, -0.1) is 0 Å². The molecule has 22 heavy (non-hydrogen) atoms. The molecule has 2 saturated carbocycles. The van der Waals surface area contributed by atoms with Crippen molar-refractivity contribution in [3.63, 3.8) is 0 Å². The highest BCUT2D eigenvalue weighted by Gasteiger charge is 2.28. The molecule has 0 N–H and O–H groups in total. The minimum atomic E-state index is -1.46. The minimum absolute atomic E-state index is 0.311. The molecule has 2 fully saturated rings. The van der Waals surface area contributed by atoms with E-state index in [4.69, 9.17) is 0 Å². The van der Waals surface area contributed by atoms with Gasteiger partial charge in [0.1, 0.15) is 0 Å². The molecule has 0 amide bonds. The first-order chi connectivity index (χ1) is 10.7. The summed E-state index contributed by atoms with van der Waals surface area (Å²) in [5.41, 5.74) is 3.03. The second-order valence-electron chi connectivity index (χ2n) is 7.14. The lowest BCUT2D eigenvalue weighted by molar-refractivity contribution is 0.308. The smallest absolute Gasteiger partial charge is 0.173 e. The van der Waals surface area contributed by atoms with Crippen molar-refractivity contribution < 1.29 is 8.78 Å². The van der Waals surface area contributed by atoms with Crippen molar-refractivity contribution in [3.05, 3.63) is 47.0 Å². The van der Waals surface area contributed by atoms with E-state index in [-0.39, 0.29) is 0 Å². The van der Waals surface area contributed by atoms with Crippen molar-refractivity contribution in [1.29, 1.82) is 0 Å². The van der Waals surface area contributed by atoms with Crippen LogP contribution in [0, 0.1) is 5.92 Å². The molecule has 2 aliphatic rings. The van der Waals surface area contributed by atoms with Crippen LogP contribution in [0.5, 0.6) is 0 Å². The van der Waals surface area contributed by atoms with E-state index < -0.39 is 6.08 Å². The van der Waals surface area contributed by atoms with Crippen LogP contribution < -0.4 is 0 Å². The van der Waals surface area contributed by atoms with Crippen molar-refractivity contribution in [3.8, 4) is 0 Å². The average Bonchev–Trinajstić information content (AvgIpc) is 2.47. The quantitative estimate of drug-likeness (QED) is 0.574. The second-order valence-corrected chi connectivity index (χ2v) is 7.14. The molecular formula is C20H26F2. The maximum Gasteiger partial charge on any atom is 0.269 e. The summed E-state index contributed by atoms with van der Waals surface area (Å²) in [5, 5.41) is 0. The molecule has 0 aliphatic heterocycles. The normalized spacial score (nSPS) is 28.3. The van der Waals surface area contributed by atoms with Crippen LogP contribution >= 0.6 is 0 Å². The summed E-state index contributed by atoms with van der Waals surface area (Å²) in [4.78, 5) is 0. The molecule has 0 unspecified atom stereocenters. The molecule has 0 spiro atoms. The maximum atomic E-state index is 12.4. The molecule has 1 aromatic carbocycles. The van der Waals surface area contributed by atoms with E-state index >= 15 is 0 Å². The van der Waals surface area contributed by atoms with Crippen LogP contribution in [0.1, 0.15) is 81.3 Å². The van der Waals surface area contributed by atoms with Crippen LogP contribution in [-0.4, -0.2) is 0 Å². The van der Waals surface area contributed by atoms with E-state index in [1.54, 1.807) is 0 Å². The van der Waals surface area contributed by atoms with Gasteiger partial charge in [0, 0.05) is 0 Å². The average molecular weight is 304 g/mol. The fraction of sp³-hybridized carbons (Fsp3) is 0.600. The van der Waals surface area contributed by atoms with Crippen molar-refractivity contribution in [1.82, 2.24) is 0 Å². The Morgan fingerprint density at radius 1 is 0.909 bits per heavy atom. The molecule has 120 valence electrons. The number of allylic oxidation sites excluding steroid dienone is 1. The lowest BCUT2D eigenvalue weighted by atomic mass is 9.74. The third kappa shape index (κ3) is 3.42. The standard InChI is InChI=1S/C20H26F2/c1-2-3-14-4-6-15(7-5-14)16-8-10-17(11-9-16)18-12-19(13-18)20(21)22/h8-11,14-15,18H,2-7,12-13H2,1H3/t14-,15-. The predicted molar refractivity (Wildman–Crippen MR) is 87.3 cm³/mol. The zero-order chi connectivity index (χ0) is 15.5. The summed E-state index contributed by atoms with van der Waals surface area (Å²) in [5.74, 6) is 1.96. The number of halogens is 2. The summed E-state index contributed by atoms with van der Waals surface area (Å²) < 4.78 is 24.9. The lowest BCUT2D eigenvalue weighted by Gasteiger charge is -2.30. The van der Waals surface area contributed by atoms with Gasteiger partial charge in [-0.25, -0.2) is 0 Å². The SMILES string of the molecule is CCC[C@H]1CC[C@H](c2ccc(C3CC(=C(F)F)C3)cc2)CC1. The Bertz CT molecular complexity index is 509. The molecule has 0 heterocycles. The molecule has 0 radical (unpaired) electrons. The highest BCUT2D eigenvalue weighted by atomic mass is 19.3. The highest BCUT2D eigenvalue weighted by molar-refractivity contribution is 5.33. The summed E-state index contributed by atoms with van der Waals surface area (Å²) in [7, 11) is 0. The van der Waals surface area contributed by atoms with Crippen LogP contribution in [-0.2, 0) is 0 Å². The van der Waals surface area contributed by atoms with E-state index in [0.29, 0.717) is 30.3 Å². The number of benzene rings is 1. The minimum Gasteiger partial charge on any atom is -0.173 e. The molecule has 0 saturated heterocycles. The Balaban J connectivity index is 1.56. The van der Waals surface area contributed by atoms with Gasteiger partial charge < -0.3 is 0 Å². The number of hydrogen-bond acceptors (Lipinski definition) is 0. The summed E-state index contributed by atoms with van der Waals surface area (Å²) in [6.45, 7) is 2.28. The van der Waals surface area contributed by atoms with Crippen molar-refractivity contribution in [2.45, 2.75) is 70.1 Å². The Kier molecular flexibility index (Phi) is 4.95. The first kappa shape index (κ1) is 15.7. The van der Waals surface area contributed by atoms with Crippen molar-refractivity contribution in [2.75, 3.05) is 0 Å². The zero-order valence-electron chi connectivity index (χ0n) is 13.5. The molecule has 0 atom stereocenters. The van der Waals surface area contributed by atoms with E-state index in [2.05, 4.69) is 31.2 Å². The second kappa shape index (κ2) is 6.93. The van der Waals surface area contributed by atoms with Gasteiger partial charge in [0.25, 0.3) is 6.08 Å². The predicted octanol–water partition coefficient (Wildman–Crippen LogP) is 6.79. The molecule has 0 nitrogen and oxygen atoms in total. The zero-order valence-corrected chi connectivity index (χ0v) is 13.5. The van der Waals surface area contributed by atoms with E-state index in [9.17, 15) is 8.78 Å². The number of hydrogen-bond donors (Lipinski definition) is 0. The summed E-state index contributed by atoms with van der Waals surface area (Å²) in [6.07, 6.45) is 7.68. The highest BCUT2D eigenvalue weighted by Crippen LogP contribution is 2.44. The van der Waals surface area contributed by atoms with Gasteiger partial charge in [-0.2, -0.15) is 8.78 Å². The van der Waals surface area contributed by atoms with Crippen molar-refractivity contribution in [2.24, 2.45) is 5.92 Å². The Morgan fingerprint density at radius 2 is 1.45 bits per heavy atom. The van der Waals surface area contributed by atoms with Gasteiger partial charge in [-0.3, -0.25) is 0 Å². The van der Waals surface area contributed by atoms with Gasteiger partial charge in [-0.1, -0.05) is 44.0 Å². The maximum absolute atomic E-state index is 12.4. The molecule has 0 bridgehead atoms. The third-order valence-corrected chi connectivity index (χ3v) is 5.68. The fourth-order valence-electron chi connectivity index (χ4n) is 4.16. The van der Waals surface area contributed by atoms with Crippen LogP contribution in [0.15, 0.2) is 35.9 Å². The molecular weight excluding hydrogens is 278 g/mol. The third-order valence-electron chi connectivity index (χ3n) is 5.68. The topological polar surface area (TPSA) is 0 Å². The van der Waals surface area contributed by atoms with Gasteiger partial charge in [-0.05, 0) is 73.0 Å². The van der Waals surface area contributed by atoms with Gasteiger partial charge in [0.15, 0.2) is 0 Å². The summed E-state index contributed by atoms with van der Waals surface area (Å²) in [6, 6.07) is 8.83. The van der Waals surface area contributed by atoms with Crippen LogP contribution in [0.25, 0.3) is 0 Å². The van der Waals surface area contributed by atoms with E-state index in [1.165, 1.54) is 49.7 Å².